The number of benzene rings is 1. The molecule has 1 aliphatic rings. The first-order valence-electron chi connectivity index (χ1n) is 7.26. The molecule has 1 saturated carbocycles. The number of hydrogen-bond donors (Lipinski definition) is 1. The van der Waals surface area contributed by atoms with E-state index in [9.17, 15) is 0 Å². The number of ether oxygens (including phenoxy) is 2. The summed E-state index contributed by atoms with van der Waals surface area (Å²) in [6.07, 6.45) is 5.27. The van der Waals surface area contributed by atoms with Crippen molar-refractivity contribution in [3.05, 3.63) is 53.7 Å². The zero-order valence-electron chi connectivity index (χ0n) is 12.2. The second-order valence-corrected chi connectivity index (χ2v) is 5.41. The Morgan fingerprint density at radius 1 is 1.29 bits per heavy atom. The molecule has 4 nitrogen and oxygen atoms in total. The standard InChI is InChI=1S/C17H20N2O2/c1-20-17-8-5-12(11-19-17)9-16(18)13-3-2-4-15(10-13)21-14-6-7-14/h2-5,8,10-11,14,16H,6-7,9,18H2,1H3. The second-order valence-electron chi connectivity index (χ2n) is 5.41. The molecule has 110 valence electrons. The maximum Gasteiger partial charge on any atom is 0.212 e. The second kappa shape index (κ2) is 6.14. The summed E-state index contributed by atoms with van der Waals surface area (Å²) in [5, 5.41) is 0. The normalized spacial score (nSPS) is 15.5. The van der Waals surface area contributed by atoms with Crippen molar-refractivity contribution >= 4 is 0 Å². The highest BCUT2D eigenvalue weighted by molar-refractivity contribution is 5.32. The fourth-order valence-corrected chi connectivity index (χ4v) is 2.22. The van der Waals surface area contributed by atoms with Crippen molar-refractivity contribution in [2.75, 3.05) is 7.11 Å². The Labute approximate surface area is 124 Å². The number of aromatic nitrogens is 1. The van der Waals surface area contributed by atoms with E-state index in [2.05, 4.69) is 4.98 Å². The molecule has 4 heteroatoms. The van der Waals surface area contributed by atoms with Crippen LogP contribution in [0.3, 0.4) is 0 Å². The first kappa shape index (κ1) is 13.9. The highest BCUT2D eigenvalue weighted by Gasteiger charge is 2.23. The van der Waals surface area contributed by atoms with Crippen molar-refractivity contribution in [1.29, 1.82) is 0 Å². The lowest BCUT2D eigenvalue weighted by Gasteiger charge is -2.14. The van der Waals surface area contributed by atoms with Crippen LogP contribution in [0.25, 0.3) is 0 Å². The summed E-state index contributed by atoms with van der Waals surface area (Å²) in [6.45, 7) is 0. The minimum absolute atomic E-state index is 0.0667. The Morgan fingerprint density at radius 2 is 2.14 bits per heavy atom. The average molecular weight is 284 g/mol. The lowest BCUT2D eigenvalue weighted by atomic mass is 10.0. The third kappa shape index (κ3) is 3.73. The molecule has 0 aliphatic heterocycles. The van der Waals surface area contributed by atoms with Gasteiger partial charge in [-0.15, -0.1) is 0 Å². The minimum Gasteiger partial charge on any atom is -0.490 e. The van der Waals surface area contributed by atoms with Crippen LogP contribution in [-0.2, 0) is 6.42 Å². The van der Waals surface area contributed by atoms with E-state index >= 15 is 0 Å². The third-order valence-corrected chi connectivity index (χ3v) is 3.58. The highest BCUT2D eigenvalue weighted by atomic mass is 16.5. The fourth-order valence-electron chi connectivity index (χ4n) is 2.22. The molecule has 1 aliphatic carbocycles. The summed E-state index contributed by atoms with van der Waals surface area (Å²) in [5.41, 5.74) is 8.48. The van der Waals surface area contributed by atoms with E-state index in [1.54, 1.807) is 7.11 Å². The zero-order chi connectivity index (χ0) is 14.7. The molecule has 1 fully saturated rings. The number of methoxy groups -OCH3 is 1. The molecule has 1 aromatic heterocycles. The number of pyridine rings is 1. The zero-order valence-corrected chi connectivity index (χ0v) is 12.2. The number of nitrogens with zero attached hydrogens (tertiary/aromatic N) is 1. The third-order valence-electron chi connectivity index (χ3n) is 3.58. The molecule has 21 heavy (non-hydrogen) atoms. The van der Waals surface area contributed by atoms with Crippen LogP contribution >= 0.6 is 0 Å². The van der Waals surface area contributed by atoms with E-state index < -0.39 is 0 Å². The molecule has 1 aromatic carbocycles. The number of nitrogens with two attached hydrogens (primary N) is 1. The van der Waals surface area contributed by atoms with Crippen LogP contribution in [0.2, 0.25) is 0 Å². The Kier molecular flexibility index (Phi) is 4.06. The lowest BCUT2D eigenvalue weighted by molar-refractivity contribution is 0.302. The van der Waals surface area contributed by atoms with Crippen molar-refractivity contribution < 1.29 is 9.47 Å². The van der Waals surface area contributed by atoms with E-state index in [1.165, 1.54) is 0 Å². The Bertz CT molecular complexity index is 594. The lowest BCUT2D eigenvalue weighted by Crippen LogP contribution is -2.13. The van der Waals surface area contributed by atoms with Gasteiger partial charge in [-0.05, 0) is 42.5 Å². The van der Waals surface area contributed by atoms with Gasteiger partial charge >= 0.3 is 0 Å². The van der Waals surface area contributed by atoms with Crippen LogP contribution in [0.15, 0.2) is 42.6 Å². The molecular weight excluding hydrogens is 264 g/mol. The molecule has 3 rings (SSSR count). The molecule has 1 unspecified atom stereocenters. The predicted octanol–water partition coefficient (Wildman–Crippen LogP) is 2.87. The Hall–Kier alpha value is -2.07. The Balaban J connectivity index is 1.67. The maximum absolute atomic E-state index is 6.30. The SMILES string of the molecule is COc1ccc(CC(N)c2cccc(OC3CC3)c2)cn1. The van der Waals surface area contributed by atoms with Crippen LogP contribution < -0.4 is 15.2 Å². The predicted molar refractivity (Wildman–Crippen MR) is 81.5 cm³/mol. The topological polar surface area (TPSA) is 57.4 Å². The van der Waals surface area contributed by atoms with E-state index in [0.717, 1.165) is 36.1 Å². The van der Waals surface area contributed by atoms with E-state index in [4.69, 9.17) is 15.2 Å². The summed E-state index contributed by atoms with van der Waals surface area (Å²) in [5.74, 6) is 1.53. The van der Waals surface area contributed by atoms with Crippen LogP contribution in [-0.4, -0.2) is 18.2 Å². The smallest absolute Gasteiger partial charge is 0.212 e. The van der Waals surface area contributed by atoms with Gasteiger partial charge in [-0.2, -0.15) is 0 Å². The van der Waals surface area contributed by atoms with Gasteiger partial charge < -0.3 is 15.2 Å². The highest BCUT2D eigenvalue weighted by Crippen LogP contribution is 2.28. The molecule has 0 spiro atoms. The van der Waals surface area contributed by atoms with Crippen molar-refractivity contribution in [1.82, 2.24) is 4.98 Å². The monoisotopic (exact) mass is 284 g/mol. The van der Waals surface area contributed by atoms with Crippen LogP contribution in [0.4, 0.5) is 0 Å². The molecule has 2 aromatic rings. The van der Waals surface area contributed by atoms with Crippen LogP contribution in [0, 0.1) is 0 Å². The van der Waals surface area contributed by atoms with Crippen molar-refractivity contribution in [2.24, 2.45) is 5.73 Å². The molecule has 0 saturated heterocycles. The van der Waals surface area contributed by atoms with Gasteiger partial charge in [0, 0.05) is 18.3 Å². The van der Waals surface area contributed by atoms with Crippen LogP contribution in [0.1, 0.15) is 30.0 Å². The number of rotatable bonds is 6. The van der Waals surface area contributed by atoms with E-state index in [-0.39, 0.29) is 6.04 Å². The van der Waals surface area contributed by atoms with Gasteiger partial charge in [0.2, 0.25) is 5.88 Å². The molecule has 0 radical (unpaired) electrons. The van der Waals surface area contributed by atoms with Crippen molar-refractivity contribution in [3.8, 4) is 11.6 Å². The molecule has 0 amide bonds. The molecule has 1 atom stereocenters. The van der Waals surface area contributed by atoms with Gasteiger partial charge in [-0.25, -0.2) is 4.98 Å². The molecule has 2 N–H and O–H groups in total. The first-order chi connectivity index (χ1) is 10.2. The van der Waals surface area contributed by atoms with Gasteiger partial charge in [0.15, 0.2) is 0 Å². The van der Waals surface area contributed by atoms with Crippen molar-refractivity contribution in [3.63, 3.8) is 0 Å². The average Bonchev–Trinajstić information content (AvgIpc) is 3.32. The first-order valence-corrected chi connectivity index (χ1v) is 7.26. The van der Waals surface area contributed by atoms with Gasteiger partial charge in [-0.3, -0.25) is 0 Å². The van der Waals surface area contributed by atoms with Crippen molar-refractivity contribution in [2.45, 2.75) is 31.4 Å². The largest absolute Gasteiger partial charge is 0.490 e. The van der Waals surface area contributed by atoms with Gasteiger partial charge in [0.1, 0.15) is 5.75 Å². The van der Waals surface area contributed by atoms with Gasteiger partial charge in [-0.1, -0.05) is 18.2 Å². The van der Waals surface area contributed by atoms with E-state index in [0.29, 0.717) is 12.0 Å². The summed E-state index contributed by atoms with van der Waals surface area (Å²) < 4.78 is 10.9. The molecule has 0 bridgehead atoms. The Morgan fingerprint density at radius 3 is 2.81 bits per heavy atom. The van der Waals surface area contributed by atoms with Crippen LogP contribution in [0.5, 0.6) is 11.6 Å². The van der Waals surface area contributed by atoms with Gasteiger partial charge in [0.25, 0.3) is 0 Å². The van der Waals surface area contributed by atoms with Gasteiger partial charge in [0.05, 0.1) is 13.2 Å². The fraction of sp³-hybridized carbons (Fsp3) is 0.353. The minimum atomic E-state index is -0.0667. The maximum atomic E-state index is 6.30. The summed E-state index contributed by atoms with van der Waals surface area (Å²) in [4.78, 5) is 4.21. The quantitative estimate of drug-likeness (QED) is 0.886. The molecular formula is C17H20N2O2. The summed E-state index contributed by atoms with van der Waals surface area (Å²) in [7, 11) is 1.61. The van der Waals surface area contributed by atoms with E-state index in [1.807, 2.05) is 42.6 Å². The summed E-state index contributed by atoms with van der Waals surface area (Å²) >= 11 is 0. The molecule has 1 heterocycles. The number of hydrogen-bond acceptors (Lipinski definition) is 4. The summed E-state index contributed by atoms with van der Waals surface area (Å²) in [6, 6.07) is 11.9.